The van der Waals surface area contributed by atoms with E-state index in [-0.39, 0.29) is 0 Å². The molecular formula is C43H27N3O. The summed E-state index contributed by atoms with van der Waals surface area (Å²) < 4.78 is 6.46. The number of aromatic nitrogens is 3. The highest BCUT2D eigenvalue weighted by Crippen LogP contribution is 2.40. The van der Waals surface area contributed by atoms with Crippen molar-refractivity contribution in [1.29, 1.82) is 0 Å². The van der Waals surface area contributed by atoms with Gasteiger partial charge in [0.05, 0.1) is 11.4 Å². The summed E-state index contributed by atoms with van der Waals surface area (Å²) >= 11 is 0. The molecule has 47 heavy (non-hydrogen) atoms. The van der Waals surface area contributed by atoms with Crippen LogP contribution in [-0.4, -0.2) is 15.0 Å². The Labute approximate surface area is 271 Å². The first-order valence-electron chi connectivity index (χ1n) is 15.7. The van der Waals surface area contributed by atoms with Gasteiger partial charge in [-0.15, -0.1) is 0 Å². The number of benzene rings is 6. The van der Waals surface area contributed by atoms with Gasteiger partial charge in [-0.1, -0.05) is 115 Å². The summed E-state index contributed by atoms with van der Waals surface area (Å²) in [5, 5.41) is 3.38. The molecule has 0 amide bonds. The second-order valence-corrected chi connectivity index (χ2v) is 11.7. The molecule has 6 aromatic carbocycles. The van der Waals surface area contributed by atoms with Crippen molar-refractivity contribution in [2.24, 2.45) is 0 Å². The van der Waals surface area contributed by atoms with Gasteiger partial charge >= 0.3 is 0 Å². The quantitative estimate of drug-likeness (QED) is 0.197. The van der Waals surface area contributed by atoms with Crippen LogP contribution in [0.1, 0.15) is 0 Å². The lowest BCUT2D eigenvalue weighted by atomic mass is 9.92. The van der Waals surface area contributed by atoms with E-state index in [1.54, 1.807) is 0 Å². The lowest BCUT2D eigenvalue weighted by Crippen LogP contribution is -1.97. The Bertz CT molecular complexity index is 2510. The van der Waals surface area contributed by atoms with Crippen LogP contribution in [0.4, 0.5) is 0 Å². The first-order valence-corrected chi connectivity index (χ1v) is 15.7. The maximum absolute atomic E-state index is 6.46. The van der Waals surface area contributed by atoms with Gasteiger partial charge < -0.3 is 4.42 Å². The first kappa shape index (κ1) is 27.0. The molecule has 0 aliphatic rings. The standard InChI is InChI=1S/C43H27N3O/c1-3-13-29(14-4-1)38-27-39(30-15-5-2-6-16-30)46-43(45-38)33-25-31(35-20-11-17-28-12-7-8-18-34(28)35)24-32(26-33)36-22-23-44-41-37-19-9-10-21-40(37)47-42(36)41/h1-27H. The molecule has 0 unspecified atom stereocenters. The zero-order chi connectivity index (χ0) is 31.2. The van der Waals surface area contributed by atoms with Crippen molar-refractivity contribution in [2.45, 2.75) is 0 Å². The van der Waals surface area contributed by atoms with E-state index in [1.807, 2.05) is 66.9 Å². The Balaban J connectivity index is 1.33. The van der Waals surface area contributed by atoms with E-state index in [1.165, 1.54) is 10.8 Å². The van der Waals surface area contributed by atoms with Crippen LogP contribution < -0.4 is 0 Å². The predicted octanol–water partition coefficient (Wildman–Crippen LogP) is 11.3. The Kier molecular flexibility index (Phi) is 6.43. The summed E-state index contributed by atoms with van der Waals surface area (Å²) in [6, 6.07) is 54.4. The first-order chi connectivity index (χ1) is 23.3. The predicted molar refractivity (Wildman–Crippen MR) is 192 cm³/mol. The molecule has 4 nitrogen and oxygen atoms in total. The third kappa shape index (κ3) is 4.84. The van der Waals surface area contributed by atoms with Gasteiger partial charge in [0.25, 0.3) is 0 Å². The summed E-state index contributed by atoms with van der Waals surface area (Å²) in [6.45, 7) is 0. The zero-order valence-corrected chi connectivity index (χ0v) is 25.3. The van der Waals surface area contributed by atoms with Crippen molar-refractivity contribution >= 4 is 32.8 Å². The van der Waals surface area contributed by atoms with Crippen LogP contribution >= 0.6 is 0 Å². The summed E-state index contributed by atoms with van der Waals surface area (Å²) in [5.41, 5.74) is 11.4. The van der Waals surface area contributed by atoms with Crippen molar-refractivity contribution in [3.05, 3.63) is 164 Å². The SMILES string of the molecule is c1ccc(-c2cc(-c3ccccc3)nc(-c3cc(-c4cccc5ccccc45)cc(-c4ccnc5c4oc4ccccc45)c3)n2)cc1. The number of para-hydroxylation sites is 1. The van der Waals surface area contributed by atoms with Crippen LogP contribution in [-0.2, 0) is 0 Å². The largest absolute Gasteiger partial charge is 0.454 e. The van der Waals surface area contributed by atoms with Gasteiger partial charge in [-0.3, -0.25) is 4.98 Å². The van der Waals surface area contributed by atoms with E-state index in [4.69, 9.17) is 19.4 Å². The molecule has 0 bridgehead atoms. The molecular weight excluding hydrogens is 574 g/mol. The van der Waals surface area contributed by atoms with Gasteiger partial charge in [0.2, 0.25) is 0 Å². The maximum atomic E-state index is 6.46. The van der Waals surface area contributed by atoms with Crippen LogP contribution in [0.25, 0.3) is 89.0 Å². The fraction of sp³-hybridized carbons (Fsp3) is 0. The molecule has 4 heteroatoms. The second-order valence-electron chi connectivity index (χ2n) is 11.7. The van der Waals surface area contributed by atoms with Crippen LogP contribution in [0, 0.1) is 0 Å². The van der Waals surface area contributed by atoms with Gasteiger partial charge in [0, 0.05) is 33.8 Å². The molecule has 0 atom stereocenters. The summed E-state index contributed by atoms with van der Waals surface area (Å²) in [7, 11) is 0. The highest BCUT2D eigenvalue weighted by atomic mass is 16.3. The summed E-state index contributed by atoms with van der Waals surface area (Å²) in [6.07, 6.45) is 1.87. The van der Waals surface area contributed by atoms with E-state index in [2.05, 4.69) is 97.1 Å². The molecule has 0 aliphatic carbocycles. The Morgan fingerprint density at radius 3 is 1.77 bits per heavy atom. The second kappa shape index (κ2) is 11.2. The number of hydrogen-bond acceptors (Lipinski definition) is 4. The highest BCUT2D eigenvalue weighted by molar-refractivity contribution is 6.08. The number of furan rings is 1. The molecule has 3 aromatic heterocycles. The van der Waals surface area contributed by atoms with E-state index < -0.39 is 0 Å². The summed E-state index contributed by atoms with van der Waals surface area (Å²) in [5.74, 6) is 0.656. The van der Waals surface area contributed by atoms with E-state index in [0.717, 1.165) is 72.4 Å². The van der Waals surface area contributed by atoms with Crippen molar-refractivity contribution in [2.75, 3.05) is 0 Å². The Hall–Kier alpha value is -6.39. The van der Waals surface area contributed by atoms with Gasteiger partial charge in [0.1, 0.15) is 11.1 Å². The molecule has 9 rings (SSSR count). The molecule has 0 fully saturated rings. The van der Waals surface area contributed by atoms with E-state index in [9.17, 15) is 0 Å². The molecule has 0 N–H and O–H groups in total. The van der Waals surface area contributed by atoms with E-state index >= 15 is 0 Å². The maximum Gasteiger partial charge on any atom is 0.161 e. The smallest absolute Gasteiger partial charge is 0.161 e. The Morgan fingerprint density at radius 2 is 1.02 bits per heavy atom. The van der Waals surface area contributed by atoms with Gasteiger partial charge in [-0.2, -0.15) is 0 Å². The number of rotatable bonds is 5. The van der Waals surface area contributed by atoms with Crippen molar-refractivity contribution in [1.82, 2.24) is 15.0 Å². The number of hydrogen-bond donors (Lipinski definition) is 0. The van der Waals surface area contributed by atoms with Crippen molar-refractivity contribution in [3.8, 4) is 56.2 Å². The molecule has 0 aliphatic heterocycles. The van der Waals surface area contributed by atoms with Crippen LogP contribution in [0.15, 0.2) is 168 Å². The summed E-state index contributed by atoms with van der Waals surface area (Å²) in [4.78, 5) is 15.1. The number of pyridine rings is 1. The van der Waals surface area contributed by atoms with Crippen molar-refractivity contribution < 1.29 is 4.42 Å². The minimum atomic E-state index is 0.656. The molecule has 0 radical (unpaired) electrons. The van der Waals surface area contributed by atoms with E-state index in [0.29, 0.717) is 5.82 Å². The third-order valence-electron chi connectivity index (χ3n) is 8.73. The monoisotopic (exact) mass is 601 g/mol. The van der Waals surface area contributed by atoms with Gasteiger partial charge in [0.15, 0.2) is 11.4 Å². The molecule has 220 valence electrons. The lowest BCUT2D eigenvalue weighted by molar-refractivity contribution is 0.669. The zero-order valence-electron chi connectivity index (χ0n) is 25.3. The third-order valence-corrected chi connectivity index (χ3v) is 8.73. The molecule has 3 heterocycles. The minimum Gasteiger partial charge on any atom is -0.454 e. The van der Waals surface area contributed by atoms with Crippen molar-refractivity contribution in [3.63, 3.8) is 0 Å². The normalized spacial score (nSPS) is 11.4. The highest BCUT2D eigenvalue weighted by Gasteiger charge is 2.18. The Morgan fingerprint density at radius 1 is 0.426 bits per heavy atom. The average Bonchev–Trinajstić information content (AvgIpc) is 3.54. The van der Waals surface area contributed by atoms with Crippen LogP contribution in [0.2, 0.25) is 0 Å². The average molecular weight is 602 g/mol. The minimum absolute atomic E-state index is 0.656. The fourth-order valence-electron chi connectivity index (χ4n) is 6.47. The number of nitrogens with zero attached hydrogens (tertiary/aromatic N) is 3. The molecule has 0 saturated carbocycles. The number of fused-ring (bicyclic) bond motifs is 4. The van der Waals surface area contributed by atoms with Crippen LogP contribution in [0.3, 0.4) is 0 Å². The molecule has 9 aromatic rings. The van der Waals surface area contributed by atoms with Crippen LogP contribution in [0.5, 0.6) is 0 Å². The topological polar surface area (TPSA) is 51.8 Å². The fourth-order valence-corrected chi connectivity index (χ4v) is 6.47. The molecule has 0 saturated heterocycles. The molecule has 0 spiro atoms. The van der Waals surface area contributed by atoms with Gasteiger partial charge in [-0.25, -0.2) is 9.97 Å². The van der Waals surface area contributed by atoms with Gasteiger partial charge in [-0.05, 0) is 69.9 Å². The lowest BCUT2D eigenvalue weighted by Gasteiger charge is -2.14.